The lowest BCUT2D eigenvalue weighted by Crippen LogP contribution is -2.31. The van der Waals surface area contributed by atoms with Crippen LogP contribution in [-0.4, -0.2) is 44.8 Å². The Kier molecular flexibility index (Phi) is 5.44. The molecule has 0 heterocycles. The van der Waals surface area contributed by atoms with Crippen molar-refractivity contribution in [1.29, 1.82) is 0 Å². The molecule has 0 fully saturated rings. The Bertz CT molecular complexity index is 606. The minimum absolute atomic E-state index is 0.0704. The van der Waals surface area contributed by atoms with E-state index in [1.165, 1.54) is 17.0 Å². The fourth-order valence-corrected chi connectivity index (χ4v) is 2.18. The van der Waals surface area contributed by atoms with Gasteiger partial charge in [0.05, 0.1) is 5.75 Å². The van der Waals surface area contributed by atoms with Crippen LogP contribution in [0.4, 0.5) is 4.39 Å². The van der Waals surface area contributed by atoms with Crippen LogP contribution in [0.5, 0.6) is 0 Å². The van der Waals surface area contributed by atoms with Crippen molar-refractivity contribution in [3.05, 3.63) is 41.2 Å². The van der Waals surface area contributed by atoms with Crippen LogP contribution in [0.1, 0.15) is 12.5 Å². The van der Waals surface area contributed by atoms with Crippen LogP contribution in [0.2, 0.25) is 0 Å². The molecule has 4 nitrogen and oxygen atoms in total. The molecule has 0 saturated carbocycles. The van der Waals surface area contributed by atoms with Gasteiger partial charge in [0.15, 0.2) is 0 Å². The van der Waals surface area contributed by atoms with Crippen molar-refractivity contribution < 1.29 is 17.6 Å². The van der Waals surface area contributed by atoms with Crippen molar-refractivity contribution in [3.8, 4) is 0 Å². The molecule has 0 spiro atoms. The molecule has 0 aliphatic heterocycles. The molecule has 20 heavy (non-hydrogen) atoms. The van der Waals surface area contributed by atoms with Gasteiger partial charge >= 0.3 is 0 Å². The van der Waals surface area contributed by atoms with E-state index < -0.39 is 9.84 Å². The SMILES string of the molecule is C/C(=C/c1ccc(F)cc1)C(=O)N(C)CCS(C)(=O)=O. The molecule has 0 aliphatic carbocycles. The second-order valence-corrected chi connectivity index (χ2v) is 7.00. The molecule has 0 saturated heterocycles. The largest absolute Gasteiger partial charge is 0.341 e. The third-order valence-corrected chi connectivity index (χ3v) is 3.66. The Balaban J connectivity index is 2.73. The first-order valence-electron chi connectivity index (χ1n) is 6.06. The molecule has 0 aliphatic rings. The topological polar surface area (TPSA) is 54.5 Å². The van der Waals surface area contributed by atoms with Crippen molar-refractivity contribution in [2.24, 2.45) is 0 Å². The zero-order valence-corrected chi connectivity index (χ0v) is 12.6. The van der Waals surface area contributed by atoms with E-state index in [4.69, 9.17) is 0 Å². The molecule has 0 atom stereocenters. The summed E-state index contributed by atoms with van der Waals surface area (Å²) in [6.45, 7) is 1.79. The van der Waals surface area contributed by atoms with Crippen molar-refractivity contribution in [3.63, 3.8) is 0 Å². The number of nitrogens with zero attached hydrogens (tertiary/aromatic N) is 1. The maximum atomic E-state index is 12.8. The number of likely N-dealkylation sites (N-methyl/N-ethyl adjacent to an activating group) is 1. The molecule has 1 aromatic carbocycles. The average Bonchev–Trinajstić information content (AvgIpc) is 2.36. The second-order valence-electron chi connectivity index (χ2n) is 4.74. The molecular formula is C14H18FNO3S. The minimum atomic E-state index is -3.10. The fourth-order valence-electron chi connectivity index (χ4n) is 1.58. The van der Waals surface area contributed by atoms with Gasteiger partial charge in [-0.2, -0.15) is 0 Å². The molecular weight excluding hydrogens is 281 g/mol. The predicted molar refractivity (Wildman–Crippen MR) is 77.4 cm³/mol. The molecule has 0 unspecified atom stereocenters. The Morgan fingerprint density at radius 3 is 2.35 bits per heavy atom. The number of amides is 1. The van der Waals surface area contributed by atoms with Gasteiger partial charge in [-0.3, -0.25) is 4.79 Å². The van der Waals surface area contributed by atoms with Gasteiger partial charge in [-0.05, 0) is 30.7 Å². The first-order chi connectivity index (χ1) is 9.19. The highest BCUT2D eigenvalue weighted by atomic mass is 32.2. The number of halogens is 1. The lowest BCUT2D eigenvalue weighted by Gasteiger charge is -2.16. The van der Waals surface area contributed by atoms with E-state index in [9.17, 15) is 17.6 Å². The molecule has 110 valence electrons. The zero-order valence-electron chi connectivity index (χ0n) is 11.8. The normalized spacial score (nSPS) is 12.3. The molecule has 6 heteroatoms. The molecule has 1 amide bonds. The highest BCUT2D eigenvalue weighted by Crippen LogP contribution is 2.10. The summed E-state index contributed by atoms with van der Waals surface area (Å²) in [5, 5.41) is 0. The molecule has 1 aromatic rings. The number of carbonyl (C=O) groups excluding carboxylic acids is 1. The summed E-state index contributed by atoms with van der Waals surface area (Å²) in [7, 11) is -1.55. The standard InChI is InChI=1S/C14H18FNO3S/c1-11(10-12-4-6-13(15)7-5-12)14(17)16(2)8-9-20(3,18)19/h4-7,10H,8-9H2,1-3H3/b11-10-. The first-order valence-corrected chi connectivity index (χ1v) is 8.12. The number of benzene rings is 1. The van der Waals surface area contributed by atoms with Gasteiger partial charge in [-0.15, -0.1) is 0 Å². The Morgan fingerprint density at radius 2 is 1.85 bits per heavy atom. The Morgan fingerprint density at radius 1 is 1.30 bits per heavy atom. The van der Waals surface area contributed by atoms with E-state index in [2.05, 4.69) is 0 Å². The summed E-state index contributed by atoms with van der Waals surface area (Å²) >= 11 is 0. The van der Waals surface area contributed by atoms with Crippen LogP contribution >= 0.6 is 0 Å². The van der Waals surface area contributed by atoms with Gasteiger partial charge < -0.3 is 4.90 Å². The van der Waals surface area contributed by atoms with Gasteiger partial charge in [0, 0.05) is 25.4 Å². The first kappa shape index (κ1) is 16.4. The van der Waals surface area contributed by atoms with E-state index in [0.717, 1.165) is 6.26 Å². The van der Waals surface area contributed by atoms with E-state index in [0.29, 0.717) is 11.1 Å². The van der Waals surface area contributed by atoms with Crippen LogP contribution in [0.3, 0.4) is 0 Å². The number of carbonyl (C=O) groups is 1. The molecule has 0 aromatic heterocycles. The third kappa shape index (κ3) is 5.52. The van der Waals surface area contributed by atoms with Crippen LogP contribution in [0.15, 0.2) is 29.8 Å². The van der Waals surface area contributed by atoms with E-state index >= 15 is 0 Å². The lowest BCUT2D eigenvalue weighted by molar-refractivity contribution is -0.125. The smallest absolute Gasteiger partial charge is 0.249 e. The van der Waals surface area contributed by atoms with Crippen LogP contribution in [-0.2, 0) is 14.6 Å². The van der Waals surface area contributed by atoms with Crippen molar-refractivity contribution >= 4 is 21.8 Å². The van der Waals surface area contributed by atoms with Crippen molar-refractivity contribution in [2.45, 2.75) is 6.92 Å². The van der Waals surface area contributed by atoms with Gasteiger partial charge in [-0.1, -0.05) is 12.1 Å². The predicted octanol–water partition coefficient (Wildman–Crippen LogP) is 1.73. The summed E-state index contributed by atoms with van der Waals surface area (Å²) < 4.78 is 34.9. The highest BCUT2D eigenvalue weighted by Gasteiger charge is 2.13. The summed E-state index contributed by atoms with van der Waals surface area (Å²) in [6, 6.07) is 5.78. The quantitative estimate of drug-likeness (QED) is 0.778. The van der Waals surface area contributed by atoms with Gasteiger partial charge in [0.25, 0.3) is 0 Å². The van der Waals surface area contributed by atoms with E-state index in [1.54, 1.807) is 32.2 Å². The van der Waals surface area contributed by atoms with Gasteiger partial charge in [-0.25, -0.2) is 12.8 Å². The monoisotopic (exact) mass is 299 g/mol. The van der Waals surface area contributed by atoms with Crippen LogP contribution in [0.25, 0.3) is 6.08 Å². The second kappa shape index (κ2) is 6.65. The highest BCUT2D eigenvalue weighted by molar-refractivity contribution is 7.90. The zero-order chi connectivity index (χ0) is 15.3. The number of sulfone groups is 1. The molecule has 0 bridgehead atoms. The summed E-state index contributed by atoms with van der Waals surface area (Å²) in [4.78, 5) is 13.4. The van der Waals surface area contributed by atoms with Gasteiger partial charge in [0.1, 0.15) is 15.7 Å². The molecule has 0 radical (unpaired) electrons. The van der Waals surface area contributed by atoms with Crippen molar-refractivity contribution in [2.75, 3.05) is 25.6 Å². The molecule has 0 N–H and O–H groups in total. The Hall–Kier alpha value is -1.69. The fraction of sp³-hybridized carbons (Fsp3) is 0.357. The number of rotatable bonds is 5. The molecule has 1 rings (SSSR count). The van der Waals surface area contributed by atoms with Gasteiger partial charge in [0.2, 0.25) is 5.91 Å². The number of hydrogen-bond acceptors (Lipinski definition) is 3. The third-order valence-electron chi connectivity index (χ3n) is 2.73. The summed E-state index contributed by atoms with van der Waals surface area (Å²) in [6.07, 6.45) is 2.77. The van der Waals surface area contributed by atoms with Crippen LogP contribution < -0.4 is 0 Å². The average molecular weight is 299 g/mol. The van der Waals surface area contributed by atoms with Crippen molar-refractivity contribution in [1.82, 2.24) is 4.90 Å². The lowest BCUT2D eigenvalue weighted by atomic mass is 10.1. The maximum absolute atomic E-state index is 12.8. The van der Waals surface area contributed by atoms with E-state index in [1.807, 2.05) is 0 Å². The summed E-state index contributed by atoms with van der Waals surface area (Å²) in [5.41, 5.74) is 1.18. The maximum Gasteiger partial charge on any atom is 0.249 e. The van der Waals surface area contributed by atoms with E-state index in [-0.39, 0.29) is 24.0 Å². The minimum Gasteiger partial charge on any atom is -0.341 e. The number of hydrogen-bond donors (Lipinski definition) is 0. The van der Waals surface area contributed by atoms with Crippen LogP contribution in [0, 0.1) is 5.82 Å². The Labute approximate surface area is 118 Å². The summed E-state index contributed by atoms with van der Waals surface area (Å²) in [5.74, 6) is -0.659.